The SMILES string of the molecule is CCc1cc(-c2cc(CC)c(-c3ccc(C(=O)O)s3)c(CC)c2)cc(CC)c1C=O. The average molecular weight is 421 g/mol. The van der Waals surface area contributed by atoms with Crippen LogP contribution in [0.3, 0.4) is 0 Å². The molecule has 0 spiro atoms. The number of thiophene rings is 1. The largest absolute Gasteiger partial charge is 0.477 e. The normalized spacial score (nSPS) is 10.9. The molecular formula is C26H28O3S. The lowest BCUT2D eigenvalue weighted by Gasteiger charge is -2.17. The number of carboxylic acid groups (broad SMARTS) is 1. The minimum Gasteiger partial charge on any atom is -0.477 e. The maximum absolute atomic E-state index is 11.6. The van der Waals surface area contributed by atoms with E-state index < -0.39 is 5.97 Å². The minimum absolute atomic E-state index is 0.364. The smallest absolute Gasteiger partial charge is 0.345 e. The lowest BCUT2D eigenvalue weighted by Crippen LogP contribution is -2.00. The van der Waals surface area contributed by atoms with Gasteiger partial charge in [0, 0.05) is 10.4 Å². The summed E-state index contributed by atoms with van der Waals surface area (Å²) in [7, 11) is 0. The molecule has 4 heteroatoms. The minimum atomic E-state index is -0.881. The summed E-state index contributed by atoms with van der Waals surface area (Å²) in [5, 5.41) is 9.32. The molecule has 1 aromatic heterocycles. The highest BCUT2D eigenvalue weighted by molar-refractivity contribution is 7.17. The van der Waals surface area contributed by atoms with Crippen molar-refractivity contribution in [3.63, 3.8) is 0 Å². The third-order valence-electron chi connectivity index (χ3n) is 5.69. The number of rotatable bonds is 8. The average Bonchev–Trinajstić information content (AvgIpc) is 3.27. The fourth-order valence-electron chi connectivity index (χ4n) is 4.08. The Bertz CT molecular complexity index is 1040. The summed E-state index contributed by atoms with van der Waals surface area (Å²) in [6.45, 7) is 8.44. The zero-order chi connectivity index (χ0) is 21.8. The van der Waals surface area contributed by atoms with Gasteiger partial charge >= 0.3 is 5.97 Å². The van der Waals surface area contributed by atoms with Gasteiger partial charge in [0.15, 0.2) is 6.29 Å². The Morgan fingerprint density at radius 3 is 1.67 bits per heavy atom. The Kier molecular flexibility index (Phi) is 6.88. The summed E-state index contributed by atoms with van der Waals surface area (Å²) in [5.41, 5.74) is 8.90. The number of carbonyl (C=O) groups excluding carboxylic acids is 1. The van der Waals surface area contributed by atoms with Gasteiger partial charge in [0.1, 0.15) is 4.88 Å². The molecule has 0 fully saturated rings. The first-order chi connectivity index (χ1) is 14.5. The third-order valence-corrected chi connectivity index (χ3v) is 6.78. The van der Waals surface area contributed by atoms with Crippen molar-refractivity contribution in [3.8, 4) is 21.6 Å². The van der Waals surface area contributed by atoms with E-state index in [1.807, 2.05) is 6.07 Å². The second kappa shape index (κ2) is 9.40. The molecule has 0 aliphatic rings. The Morgan fingerprint density at radius 2 is 1.30 bits per heavy atom. The third kappa shape index (κ3) is 4.10. The summed E-state index contributed by atoms with van der Waals surface area (Å²) in [6.07, 6.45) is 4.35. The monoisotopic (exact) mass is 420 g/mol. The van der Waals surface area contributed by atoms with Gasteiger partial charge in [-0.2, -0.15) is 0 Å². The van der Waals surface area contributed by atoms with Crippen LogP contribution in [0.15, 0.2) is 36.4 Å². The molecule has 30 heavy (non-hydrogen) atoms. The number of carbonyl (C=O) groups is 2. The predicted octanol–water partition coefficient (Wildman–Crippen LogP) is 6.84. The lowest BCUT2D eigenvalue weighted by atomic mass is 9.88. The van der Waals surface area contributed by atoms with E-state index >= 15 is 0 Å². The molecule has 156 valence electrons. The zero-order valence-corrected chi connectivity index (χ0v) is 18.9. The van der Waals surface area contributed by atoms with Crippen LogP contribution in [-0.2, 0) is 25.7 Å². The molecule has 0 unspecified atom stereocenters. The summed E-state index contributed by atoms with van der Waals surface area (Å²) in [6, 6.07) is 12.3. The highest BCUT2D eigenvalue weighted by Crippen LogP contribution is 2.38. The first kappa shape index (κ1) is 22.0. The number of hydrogen-bond donors (Lipinski definition) is 1. The molecule has 0 radical (unpaired) electrons. The molecule has 0 saturated heterocycles. The molecule has 0 atom stereocenters. The first-order valence-electron chi connectivity index (χ1n) is 10.6. The standard InChI is InChI=1S/C26H28O3S/c1-5-16-11-20(12-17(6-2)22(16)15-27)21-13-18(7-3)25(19(8-4)14-21)23-9-10-24(30-23)26(28)29/h9-15H,5-8H2,1-4H3,(H,28,29). The van der Waals surface area contributed by atoms with Crippen molar-refractivity contribution in [3.05, 3.63) is 69.1 Å². The van der Waals surface area contributed by atoms with Gasteiger partial charge in [-0.05, 0) is 76.8 Å². The van der Waals surface area contributed by atoms with Crippen LogP contribution in [-0.4, -0.2) is 17.4 Å². The number of aromatic carboxylic acids is 1. The van der Waals surface area contributed by atoms with Crippen molar-refractivity contribution < 1.29 is 14.7 Å². The van der Waals surface area contributed by atoms with E-state index in [4.69, 9.17) is 0 Å². The van der Waals surface area contributed by atoms with Gasteiger partial charge in [-0.15, -0.1) is 11.3 Å². The Hall–Kier alpha value is -2.72. The van der Waals surface area contributed by atoms with Crippen molar-refractivity contribution in [2.24, 2.45) is 0 Å². The van der Waals surface area contributed by atoms with E-state index in [1.165, 1.54) is 22.5 Å². The molecule has 0 saturated carbocycles. The molecular weight excluding hydrogens is 392 g/mol. The number of aryl methyl sites for hydroxylation is 4. The van der Waals surface area contributed by atoms with Gasteiger partial charge in [-0.3, -0.25) is 4.79 Å². The maximum Gasteiger partial charge on any atom is 0.345 e. The summed E-state index contributed by atoms with van der Waals surface area (Å²) in [4.78, 5) is 24.3. The summed E-state index contributed by atoms with van der Waals surface area (Å²) in [5.74, 6) is -0.881. The van der Waals surface area contributed by atoms with Crippen molar-refractivity contribution in [2.45, 2.75) is 53.4 Å². The predicted molar refractivity (Wildman–Crippen MR) is 125 cm³/mol. The van der Waals surface area contributed by atoms with E-state index in [0.29, 0.717) is 4.88 Å². The fraction of sp³-hybridized carbons (Fsp3) is 0.308. The Balaban J connectivity index is 2.21. The van der Waals surface area contributed by atoms with Crippen LogP contribution >= 0.6 is 11.3 Å². The molecule has 3 rings (SSSR count). The topological polar surface area (TPSA) is 54.4 Å². The Labute approximate surface area is 182 Å². The van der Waals surface area contributed by atoms with Crippen molar-refractivity contribution >= 4 is 23.6 Å². The van der Waals surface area contributed by atoms with E-state index in [9.17, 15) is 14.7 Å². The van der Waals surface area contributed by atoms with Crippen molar-refractivity contribution in [1.82, 2.24) is 0 Å². The molecule has 0 bridgehead atoms. The van der Waals surface area contributed by atoms with Gasteiger partial charge in [0.05, 0.1) is 0 Å². The first-order valence-corrected chi connectivity index (χ1v) is 11.4. The number of carboxylic acids is 1. The molecule has 1 heterocycles. The van der Waals surface area contributed by atoms with E-state index in [-0.39, 0.29) is 0 Å². The fourth-order valence-corrected chi connectivity index (χ4v) is 5.04. The van der Waals surface area contributed by atoms with Gasteiger partial charge in [0.25, 0.3) is 0 Å². The lowest BCUT2D eigenvalue weighted by molar-refractivity contribution is 0.0702. The molecule has 0 aliphatic heterocycles. The highest BCUT2D eigenvalue weighted by atomic mass is 32.1. The molecule has 1 N–H and O–H groups in total. The number of aldehydes is 1. The second-order valence-corrected chi connectivity index (χ2v) is 8.46. The zero-order valence-electron chi connectivity index (χ0n) is 18.0. The van der Waals surface area contributed by atoms with Crippen LogP contribution in [0.1, 0.15) is 70.0 Å². The van der Waals surface area contributed by atoms with E-state index in [1.54, 1.807) is 6.07 Å². The number of hydrogen-bond acceptors (Lipinski definition) is 3. The summed E-state index contributed by atoms with van der Waals surface area (Å²) >= 11 is 1.33. The Morgan fingerprint density at radius 1 is 0.833 bits per heavy atom. The summed E-state index contributed by atoms with van der Waals surface area (Å²) < 4.78 is 0. The van der Waals surface area contributed by atoms with Gasteiger partial charge in [-0.25, -0.2) is 4.79 Å². The number of benzene rings is 2. The quantitative estimate of drug-likeness (QED) is 0.406. The van der Waals surface area contributed by atoms with E-state index in [0.717, 1.165) is 70.2 Å². The van der Waals surface area contributed by atoms with Gasteiger partial charge in [0.2, 0.25) is 0 Å². The molecule has 3 aromatic rings. The maximum atomic E-state index is 11.6. The van der Waals surface area contributed by atoms with Crippen LogP contribution in [0.5, 0.6) is 0 Å². The molecule has 3 nitrogen and oxygen atoms in total. The molecule has 0 amide bonds. The van der Waals surface area contributed by atoms with Crippen LogP contribution in [0.2, 0.25) is 0 Å². The van der Waals surface area contributed by atoms with Crippen molar-refractivity contribution in [1.29, 1.82) is 0 Å². The van der Waals surface area contributed by atoms with Crippen LogP contribution in [0, 0.1) is 0 Å². The molecule has 2 aromatic carbocycles. The highest BCUT2D eigenvalue weighted by Gasteiger charge is 2.17. The van der Waals surface area contributed by atoms with Crippen LogP contribution in [0.4, 0.5) is 0 Å². The van der Waals surface area contributed by atoms with Gasteiger partial charge < -0.3 is 5.11 Å². The second-order valence-electron chi connectivity index (χ2n) is 7.38. The molecule has 0 aliphatic carbocycles. The van der Waals surface area contributed by atoms with Crippen LogP contribution in [0.25, 0.3) is 21.6 Å². The van der Waals surface area contributed by atoms with Crippen LogP contribution < -0.4 is 0 Å². The van der Waals surface area contributed by atoms with Crippen molar-refractivity contribution in [2.75, 3.05) is 0 Å². The van der Waals surface area contributed by atoms with E-state index in [2.05, 4.69) is 52.0 Å². The van der Waals surface area contributed by atoms with Gasteiger partial charge in [-0.1, -0.05) is 52.0 Å².